The van der Waals surface area contributed by atoms with Crippen molar-refractivity contribution < 1.29 is 23.8 Å². The van der Waals surface area contributed by atoms with Gasteiger partial charge in [-0.3, -0.25) is 4.79 Å². The average molecular weight is 464 g/mol. The zero-order chi connectivity index (χ0) is 24.4. The fourth-order valence-electron chi connectivity index (χ4n) is 3.78. The van der Waals surface area contributed by atoms with E-state index in [9.17, 15) is 18.7 Å². The zero-order valence-corrected chi connectivity index (χ0v) is 19.5. The molecule has 0 unspecified atom stereocenters. The van der Waals surface area contributed by atoms with E-state index >= 15 is 0 Å². The molecule has 2 atom stereocenters. The van der Waals surface area contributed by atoms with Gasteiger partial charge in [0.25, 0.3) is 0 Å². The predicted octanol–water partition coefficient (Wildman–Crippen LogP) is 2.77. The summed E-state index contributed by atoms with van der Waals surface area (Å²) in [4.78, 5) is 11.6. The molecule has 0 heterocycles. The number of halogens is 2. The number of amides is 1. The lowest BCUT2D eigenvalue weighted by Crippen LogP contribution is -2.48. The Kier molecular flexibility index (Phi) is 10.7. The lowest BCUT2D eigenvalue weighted by molar-refractivity contribution is -0.120. The molecular weight excluding hydrogens is 428 g/mol. The van der Waals surface area contributed by atoms with E-state index in [2.05, 4.69) is 41.9 Å². The molecular formula is C25H35F2N3O3. The van der Waals surface area contributed by atoms with Crippen molar-refractivity contribution in [2.45, 2.75) is 52.3 Å². The topological polar surface area (TPSA) is 93.6 Å². The minimum atomic E-state index is -0.979. The summed E-state index contributed by atoms with van der Waals surface area (Å²) in [5, 5.41) is 28.9. The Morgan fingerprint density at radius 1 is 1.03 bits per heavy atom. The lowest BCUT2D eigenvalue weighted by Gasteiger charge is -2.24. The second-order valence-electron chi connectivity index (χ2n) is 8.73. The number of hydrogen-bond donors (Lipinski definition) is 5. The lowest BCUT2D eigenvalue weighted by atomic mass is 9.99. The average Bonchev–Trinajstić information content (AvgIpc) is 2.71. The summed E-state index contributed by atoms with van der Waals surface area (Å²) in [6.45, 7) is 6.69. The van der Waals surface area contributed by atoms with Crippen LogP contribution in [0.25, 0.3) is 0 Å². The molecule has 0 aliphatic carbocycles. The monoisotopic (exact) mass is 463 g/mol. The van der Waals surface area contributed by atoms with Crippen molar-refractivity contribution in [2.24, 2.45) is 5.92 Å². The fraction of sp³-hybridized carbons (Fsp3) is 0.480. The molecule has 2 rings (SSSR count). The number of nitrogens with one attached hydrogen (secondary N) is 3. The first kappa shape index (κ1) is 26.7. The largest absolute Gasteiger partial charge is 0.395 e. The number of hydrogen-bond acceptors (Lipinski definition) is 5. The highest BCUT2D eigenvalue weighted by atomic mass is 19.1. The first-order valence-corrected chi connectivity index (χ1v) is 11.2. The molecule has 0 radical (unpaired) electrons. The fourth-order valence-corrected chi connectivity index (χ4v) is 3.78. The number of aliphatic hydroxyl groups is 2. The van der Waals surface area contributed by atoms with E-state index in [0.29, 0.717) is 24.6 Å². The van der Waals surface area contributed by atoms with Gasteiger partial charge in [0.05, 0.1) is 18.8 Å². The third-order valence-corrected chi connectivity index (χ3v) is 5.14. The van der Waals surface area contributed by atoms with Crippen LogP contribution in [0.2, 0.25) is 0 Å². The van der Waals surface area contributed by atoms with Crippen LogP contribution in [0.15, 0.2) is 36.4 Å². The molecule has 1 amide bonds. The smallest absolute Gasteiger partial charge is 0.217 e. The maximum Gasteiger partial charge on any atom is 0.217 e. The maximum atomic E-state index is 13.5. The van der Waals surface area contributed by atoms with Crippen molar-refractivity contribution in [3.63, 3.8) is 0 Å². The van der Waals surface area contributed by atoms with E-state index in [1.54, 1.807) is 0 Å². The van der Waals surface area contributed by atoms with Crippen LogP contribution in [0, 0.1) is 17.6 Å². The van der Waals surface area contributed by atoms with Crippen molar-refractivity contribution >= 4 is 11.6 Å². The molecule has 2 aromatic carbocycles. The van der Waals surface area contributed by atoms with Gasteiger partial charge in [0.2, 0.25) is 5.91 Å². The van der Waals surface area contributed by atoms with Crippen LogP contribution < -0.4 is 16.0 Å². The van der Waals surface area contributed by atoms with E-state index in [0.717, 1.165) is 23.7 Å². The van der Waals surface area contributed by atoms with E-state index in [-0.39, 0.29) is 25.5 Å². The van der Waals surface area contributed by atoms with Crippen LogP contribution in [0.5, 0.6) is 0 Å². The summed E-state index contributed by atoms with van der Waals surface area (Å²) in [5.41, 5.74) is 3.44. The van der Waals surface area contributed by atoms with Crippen molar-refractivity contribution in [1.29, 1.82) is 0 Å². The highest BCUT2D eigenvalue weighted by Crippen LogP contribution is 2.20. The Hall–Kier alpha value is -2.55. The van der Waals surface area contributed by atoms with Crippen LogP contribution in [-0.2, 0) is 24.2 Å². The van der Waals surface area contributed by atoms with Gasteiger partial charge < -0.3 is 26.2 Å². The van der Waals surface area contributed by atoms with Gasteiger partial charge in [0.1, 0.15) is 11.6 Å². The van der Waals surface area contributed by atoms with Crippen LogP contribution in [0.1, 0.15) is 37.5 Å². The minimum absolute atomic E-state index is 0.0123. The van der Waals surface area contributed by atoms with E-state index in [1.165, 1.54) is 24.6 Å². The molecule has 8 heteroatoms. The first-order valence-electron chi connectivity index (χ1n) is 11.2. The van der Waals surface area contributed by atoms with Gasteiger partial charge >= 0.3 is 0 Å². The summed E-state index contributed by atoms with van der Waals surface area (Å²) < 4.78 is 27.1. The van der Waals surface area contributed by atoms with Gasteiger partial charge in [-0.15, -0.1) is 0 Å². The minimum Gasteiger partial charge on any atom is -0.395 e. The highest BCUT2D eigenvalue weighted by Gasteiger charge is 2.21. The third kappa shape index (κ3) is 9.45. The van der Waals surface area contributed by atoms with Crippen molar-refractivity contribution in [2.75, 3.05) is 25.0 Å². The molecule has 2 aromatic rings. The maximum absolute atomic E-state index is 13.5. The zero-order valence-electron chi connectivity index (χ0n) is 19.5. The van der Waals surface area contributed by atoms with Gasteiger partial charge in [0.15, 0.2) is 0 Å². The van der Waals surface area contributed by atoms with Gasteiger partial charge in [-0.2, -0.15) is 0 Å². The highest BCUT2D eigenvalue weighted by molar-refractivity contribution is 5.73. The van der Waals surface area contributed by atoms with Crippen LogP contribution in [0.4, 0.5) is 14.5 Å². The second-order valence-corrected chi connectivity index (χ2v) is 8.73. The van der Waals surface area contributed by atoms with Crippen molar-refractivity contribution in [3.8, 4) is 0 Å². The second kappa shape index (κ2) is 13.2. The normalized spacial score (nSPS) is 13.1. The van der Waals surface area contributed by atoms with Crippen LogP contribution in [-0.4, -0.2) is 48.0 Å². The Bertz CT molecular complexity index is 888. The quantitative estimate of drug-likeness (QED) is 0.315. The van der Waals surface area contributed by atoms with Gasteiger partial charge in [-0.05, 0) is 53.6 Å². The summed E-state index contributed by atoms with van der Waals surface area (Å²) in [6.07, 6.45) is 0.0440. The molecule has 0 fully saturated rings. The molecule has 33 heavy (non-hydrogen) atoms. The molecule has 0 saturated carbocycles. The number of rotatable bonds is 13. The Morgan fingerprint density at radius 2 is 1.73 bits per heavy atom. The predicted molar refractivity (Wildman–Crippen MR) is 126 cm³/mol. The molecule has 0 aliphatic rings. The van der Waals surface area contributed by atoms with Crippen LogP contribution >= 0.6 is 0 Å². The molecule has 182 valence electrons. The summed E-state index contributed by atoms with van der Waals surface area (Å²) in [5.74, 6) is -1.24. The number of aliphatic hydroxyl groups excluding tert-OH is 2. The van der Waals surface area contributed by atoms with Gasteiger partial charge in [-0.1, -0.05) is 26.0 Å². The standard InChI is InChI=1S/C25H35F2N3O3/c1-16(2)8-18-4-5-23(29-6-7-31)20(9-18)14-28-15-25(33)24(30-17(3)32)12-19-10-21(26)13-22(27)11-19/h4-5,9-11,13,16,24-25,28-29,31,33H,6-8,12,14-15H2,1-3H3,(H,30,32)/t24-,25+/m0/s1. The Morgan fingerprint density at radius 3 is 2.33 bits per heavy atom. The van der Waals surface area contributed by atoms with E-state index in [1.807, 2.05) is 6.07 Å². The Labute approximate surface area is 194 Å². The summed E-state index contributed by atoms with van der Waals surface area (Å²) in [6, 6.07) is 8.59. The number of benzene rings is 2. The first-order chi connectivity index (χ1) is 15.7. The van der Waals surface area contributed by atoms with Crippen LogP contribution in [0.3, 0.4) is 0 Å². The summed E-state index contributed by atoms with van der Waals surface area (Å²) in [7, 11) is 0. The van der Waals surface area contributed by atoms with Gasteiger partial charge in [-0.25, -0.2) is 8.78 Å². The van der Waals surface area contributed by atoms with Crippen molar-refractivity contribution in [1.82, 2.24) is 10.6 Å². The molecule has 0 spiro atoms. The van der Waals surface area contributed by atoms with E-state index in [4.69, 9.17) is 5.11 Å². The summed E-state index contributed by atoms with van der Waals surface area (Å²) >= 11 is 0. The molecule has 6 nitrogen and oxygen atoms in total. The molecule has 0 aliphatic heterocycles. The van der Waals surface area contributed by atoms with Crippen molar-refractivity contribution in [3.05, 3.63) is 64.7 Å². The number of carbonyl (C=O) groups is 1. The SMILES string of the molecule is CC(=O)N[C@@H](Cc1cc(F)cc(F)c1)[C@H](O)CNCc1cc(CC(C)C)ccc1NCCO. The molecule has 0 bridgehead atoms. The number of carbonyl (C=O) groups excluding carboxylic acids is 1. The van der Waals surface area contributed by atoms with E-state index < -0.39 is 23.8 Å². The number of anilines is 1. The molecule has 0 aromatic heterocycles. The van der Waals surface area contributed by atoms with Gasteiger partial charge in [0, 0.05) is 38.3 Å². The third-order valence-electron chi connectivity index (χ3n) is 5.14. The Balaban J connectivity index is 2.06. The molecule has 5 N–H and O–H groups in total. The molecule has 0 saturated heterocycles.